The van der Waals surface area contributed by atoms with Gasteiger partial charge in [-0.1, -0.05) is 12.1 Å². The second-order valence-corrected chi connectivity index (χ2v) is 6.37. The summed E-state index contributed by atoms with van der Waals surface area (Å²) in [6, 6.07) is 9.84. The summed E-state index contributed by atoms with van der Waals surface area (Å²) in [6.45, 7) is 3.74. The summed E-state index contributed by atoms with van der Waals surface area (Å²) in [5.74, 6) is 0.106. The van der Waals surface area contributed by atoms with E-state index in [4.69, 9.17) is 14.2 Å². The highest BCUT2D eigenvalue weighted by molar-refractivity contribution is 5.79. The van der Waals surface area contributed by atoms with Crippen molar-refractivity contribution in [1.29, 1.82) is 0 Å². The van der Waals surface area contributed by atoms with Crippen LogP contribution in [0.3, 0.4) is 0 Å². The number of aliphatic carboxylic acids is 1. The third-order valence-corrected chi connectivity index (χ3v) is 4.37. The molecule has 0 spiro atoms. The molecule has 0 aliphatic rings. The van der Waals surface area contributed by atoms with E-state index in [0.29, 0.717) is 22.8 Å². The van der Waals surface area contributed by atoms with Crippen molar-refractivity contribution in [3.8, 4) is 17.2 Å². The number of methoxy groups -OCH3 is 2. The normalized spacial score (nSPS) is 11.4. The van der Waals surface area contributed by atoms with Crippen LogP contribution in [0.4, 0.5) is 0 Å². The third-order valence-electron chi connectivity index (χ3n) is 4.37. The molecule has 0 bridgehead atoms. The number of benzene rings is 2. The number of ether oxygens (including phenoxy) is 3. The summed E-state index contributed by atoms with van der Waals surface area (Å²) < 4.78 is 16.0. The third kappa shape index (κ3) is 5.64. The summed E-state index contributed by atoms with van der Waals surface area (Å²) in [4.78, 5) is 23.6. The number of hydrogen-bond acceptors (Lipinski definition) is 5. The number of rotatable bonds is 9. The largest absolute Gasteiger partial charge is 0.493 e. The molecule has 1 unspecified atom stereocenters. The number of amides is 1. The molecule has 0 radical (unpaired) electrons. The van der Waals surface area contributed by atoms with E-state index in [1.54, 1.807) is 24.3 Å². The van der Waals surface area contributed by atoms with Crippen molar-refractivity contribution in [2.24, 2.45) is 0 Å². The van der Waals surface area contributed by atoms with Gasteiger partial charge in [0.15, 0.2) is 18.1 Å². The highest BCUT2D eigenvalue weighted by Crippen LogP contribution is 2.31. The second-order valence-electron chi connectivity index (χ2n) is 6.37. The topological polar surface area (TPSA) is 94.1 Å². The van der Waals surface area contributed by atoms with E-state index >= 15 is 0 Å². The Morgan fingerprint density at radius 3 is 2.32 bits per heavy atom. The van der Waals surface area contributed by atoms with Gasteiger partial charge in [-0.3, -0.25) is 9.59 Å². The Bertz CT molecular complexity index is 849. The number of carboxylic acids is 1. The number of aryl methyl sites for hydroxylation is 2. The highest BCUT2D eigenvalue weighted by atomic mass is 16.5. The molecule has 1 amide bonds. The minimum Gasteiger partial charge on any atom is -0.493 e. The van der Waals surface area contributed by atoms with Gasteiger partial charge in [0.25, 0.3) is 5.91 Å². The Labute approximate surface area is 164 Å². The minimum absolute atomic E-state index is 0.216. The molecular weight excluding hydrogens is 362 g/mol. The lowest BCUT2D eigenvalue weighted by Crippen LogP contribution is -2.33. The van der Waals surface area contributed by atoms with Gasteiger partial charge in [-0.2, -0.15) is 0 Å². The van der Waals surface area contributed by atoms with Crippen LogP contribution in [-0.4, -0.2) is 37.8 Å². The highest BCUT2D eigenvalue weighted by Gasteiger charge is 2.20. The Balaban J connectivity index is 2.09. The van der Waals surface area contributed by atoms with Crippen LogP contribution in [0.1, 0.15) is 29.2 Å². The Morgan fingerprint density at radius 1 is 1.00 bits per heavy atom. The van der Waals surface area contributed by atoms with Crippen LogP contribution >= 0.6 is 0 Å². The number of hydrogen-bond donors (Lipinski definition) is 2. The van der Waals surface area contributed by atoms with Gasteiger partial charge in [0.1, 0.15) is 5.75 Å². The minimum atomic E-state index is -1.03. The molecule has 7 heteroatoms. The van der Waals surface area contributed by atoms with Crippen molar-refractivity contribution in [2.75, 3.05) is 20.8 Å². The maximum atomic E-state index is 12.3. The van der Waals surface area contributed by atoms with Crippen molar-refractivity contribution in [2.45, 2.75) is 26.3 Å². The molecule has 0 fully saturated rings. The Morgan fingerprint density at radius 2 is 1.71 bits per heavy atom. The Kier molecular flexibility index (Phi) is 7.26. The number of nitrogens with one attached hydrogen (secondary N) is 1. The quantitative estimate of drug-likeness (QED) is 0.687. The van der Waals surface area contributed by atoms with Crippen LogP contribution in [0.5, 0.6) is 17.2 Å². The van der Waals surface area contributed by atoms with Crippen molar-refractivity contribution >= 4 is 11.9 Å². The number of carboxylic acid groups (broad SMARTS) is 1. The molecule has 0 saturated carbocycles. The molecule has 2 N–H and O–H groups in total. The van der Waals surface area contributed by atoms with E-state index in [0.717, 1.165) is 11.1 Å². The Hall–Kier alpha value is -3.22. The van der Waals surface area contributed by atoms with E-state index in [9.17, 15) is 14.7 Å². The molecule has 0 heterocycles. The molecule has 0 saturated heterocycles. The van der Waals surface area contributed by atoms with Gasteiger partial charge in [-0.25, -0.2) is 0 Å². The van der Waals surface area contributed by atoms with Gasteiger partial charge in [0.2, 0.25) is 0 Å². The van der Waals surface area contributed by atoms with Crippen LogP contribution in [0.15, 0.2) is 36.4 Å². The zero-order chi connectivity index (χ0) is 20.7. The number of carbonyl (C=O) groups is 2. The summed E-state index contributed by atoms with van der Waals surface area (Å²) in [5.41, 5.74) is 2.79. The lowest BCUT2D eigenvalue weighted by molar-refractivity contribution is -0.137. The SMILES string of the molecule is COc1ccc(C(CC(=O)O)NC(=O)COc2ccc(C)c(C)c2)cc1OC. The van der Waals surface area contributed by atoms with Crippen LogP contribution < -0.4 is 19.5 Å². The fourth-order valence-electron chi connectivity index (χ4n) is 2.68. The van der Waals surface area contributed by atoms with Gasteiger partial charge < -0.3 is 24.6 Å². The van der Waals surface area contributed by atoms with E-state index in [1.807, 2.05) is 26.0 Å². The zero-order valence-electron chi connectivity index (χ0n) is 16.4. The summed E-state index contributed by atoms with van der Waals surface area (Å²) >= 11 is 0. The van der Waals surface area contributed by atoms with E-state index in [2.05, 4.69) is 5.32 Å². The second kappa shape index (κ2) is 9.64. The summed E-state index contributed by atoms with van der Waals surface area (Å²) in [7, 11) is 3.00. The van der Waals surface area contributed by atoms with Crippen molar-refractivity contribution in [1.82, 2.24) is 5.32 Å². The fourth-order valence-corrected chi connectivity index (χ4v) is 2.68. The van der Waals surface area contributed by atoms with Crippen molar-refractivity contribution < 1.29 is 28.9 Å². The van der Waals surface area contributed by atoms with Gasteiger partial charge in [0, 0.05) is 0 Å². The lowest BCUT2D eigenvalue weighted by Gasteiger charge is -2.19. The molecule has 2 aromatic carbocycles. The first kappa shape index (κ1) is 21.1. The smallest absolute Gasteiger partial charge is 0.305 e. The summed E-state index contributed by atoms with van der Waals surface area (Å²) in [6.07, 6.45) is -0.273. The maximum Gasteiger partial charge on any atom is 0.305 e. The fraction of sp³-hybridized carbons (Fsp3) is 0.333. The van der Waals surface area contributed by atoms with Gasteiger partial charge in [0.05, 0.1) is 26.7 Å². The zero-order valence-corrected chi connectivity index (χ0v) is 16.4. The average Bonchev–Trinajstić information content (AvgIpc) is 2.67. The predicted molar refractivity (Wildman–Crippen MR) is 104 cm³/mol. The first-order valence-electron chi connectivity index (χ1n) is 8.77. The molecule has 0 aromatic heterocycles. The van der Waals surface area contributed by atoms with Crippen molar-refractivity contribution in [3.05, 3.63) is 53.1 Å². The van der Waals surface area contributed by atoms with Gasteiger partial charge in [-0.05, 0) is 54.8 Å². The van der Waals surface area contributed by atoms with Gasteiger partial charge in [-0.15, -0.1) is 0 Å². The molecule has 1 atom stereocenters. The van der Waals surface area contributed by atoms with E-state index in [1.165, 1.54) is 14.2 Å². The van der Waals surface area contributed by atoms with Crippen molar-refractivity contribution in [3.63, 3.8) is 0 Å². The van der Waals surface area contributed by atoms with Crippen LogP contribution in [-0.2, 0) is 9.59 Å². The molecular formula is C21H25NO6. The van der Waals surface area contributed by atoms with Gasteiger partial charge >= 0.3 is 5.97 Å². The van der Waals surface area contributed by atoms with Crippen LogP contribution in [0.2, 0.25) is 0 Å². The lowest BCUT2D eigenvalue weighted by atomic mass is 10.0. The molecule has 2 aromatic rings. The molecule has 7 nitrogen and oxygen atoms in total. The van der Waals surface area contributed by atoms with Crippen LogP contribution in [0.25, 0.3) is 0 Å². The maximum absolute atomic E-state index is 12.3. The van der Waals surface area contributed by atoms with E-state index in [-0.39, 0.29) is 13.0 Å². The monoisotopic (exact) mass is 387 g/mol. The number of carbonyl (C=O) groups excluding carboxylic acids is 1. The van der Waals surface area contributed by atoms with Crippen LogP contribution in [0, 0.1) is 13.8 Å². The average molecular weight is 387 g/mol. The standard InChI is InChI=1S/C21H25NO6/c1-13-5-7-16(9-14(13)2)28-12-20(23)22-17(11-21(24)25)15-6-8-18(26-3)19(10-15)27-4/h5-10,17H,11-12H2,1-4H3,(H,22,23)(H,24,25). The first-order chi connectivity index (χ1) is 13.3. The summed E-state index contributed by atoms with van der Waals surface area (Å²) in [5, 5.41) is 11.9. The first-order valence-corrected chi connectivity index (χ1v) is 8.77. The predicted octanol–water partition coefficient (Wildman–Crippen LogP) is 3.03. The molecule has 0 aliphatic carbocycles. The molecule has 2 rings (SSSR count). The van der Waals surface area contributed by atoms with E-state index < -0.39 is 17.9 Å². The molecule has 28 heavy (non-hydrogen) atoms. The molecule has 150 valence electrons. The molecule has 0 aliphatic heterocycles.